The molecule has 100 valence electrons. The van der Waals surface area contributed by atoms with Gasteiger partial charge in [0, 0.05) is 0 Å². The quantitative estimate of drug-likeness (QED) is 0.474. The smallest absolute Gasteiger partial charge is 0.337 e. The maximum atomic E-state index is 11.3. The Morgan fingerprint density at radius 2 is 2.11 bits per heavy atom. The largest absolute Gasteiger partial charge is 0.468 e. The highest BCUT2D eigenvalue weighted by atomic mass is 16.7. The van der Waals surface area contributed by atoms with Crippen molar-refractivity contribution >= 4 is 5.97 Å². The first kappa shape index (κ1) is 14.5. The third-order valence-corrected chi connectivity index (χ3v) is 2.02. The molecule has 0 spiro atoms. The molecule has 1 N–H and O–H groups in total. The topological polar surface area (TPSA) is 65.0 Å². The zero-order valence-electron chi connectivity index (χ0n) is 10.8. The van der Waals surface area contributed by atoms with E-state index in [0.29, 0.717) is 11.3 Å². The normalized spacial score (nSPS) is 11.1. The number of carbonyl (C=O) groups excluding carboxylic acids is 1. The first-order valence-electron chi connectivity index (χ1n) is 5.54. The van der Waals surface area contributed by atoms with Gasteiger partial charge in [-0.1, -0.05) is 6.07 Å². The number of ether oxygens (including phenoxy) is 3. The van der Waals surface area contributed by atoms with Gasteiger partial charge in [0.25, 0.3) is 0 Å². The third-order valence-electron chi connectivity index (χ3n) is 2.02. The third kappa shape index (κ3) is 5.16. The molecule has 0 amide bonds. The molecule has 0 aliphatic rings. The maximum absolute atomic E-state index is 11.3. The van der Waals surface area contributed by atoms with E-state index in [1.165, 1.54) is 7.11 Å². The second kappa shape index (κ2) is 6.37. The van der Waals surface area contributed by atoms with Crippen LogP contribution < -0.4 is 4.74 Å². The Bertz CT molecular complexity index is 395. The summed E-state index contributed by atoms with van der Waals surface area (Å²) in [4.78, 5) is 11.3. The summed E-state index contributed by atoms with van der Waals surface area (Å²) in [6.07, 6.45) is 0. The minimum absolute atomic E-state index is 0.00855. The first-order valence-corrected chi connectivity index (χ1v) is 5.54. The van der Waals surface area contributed by atoms with E-state index in [4.69, 9.17) is 9.47 Å². The van der Waals surface area contributed by atoms with Gasteiger partial charge in [0.1, 0.15) is 5.75 Å². The van der Waals surface area contributed by atoms with Gasteiger partial charge in [-0.15, -0.1) is 0 Å². The number of methoxy groups -OCH3 is 1. The lowest BCUT2D eigenvalue weighted by atomic mass is 10.2. The van der Waals surface area contributed by atoms with Crippen LogP contribution in [0.2, 0.25) is 0 Å². The van der Waals surface area contributed by atoms with Crippen LogP contribution in [-0.4, -0.2) is 37.2 Å². The van der Waals surface area contributed by atoms with Gasteiger partial charge in [-0.25, -0.2) is 4.79 Å². The molecule has 0 atom stereocenters. The Morgan fingerprint density at radius 1 is 1.39 bits per heavy atom. The van der Waals surface area contributed by atoms with Crippen LogP contribution in [0, 0.1) is 0 Å². The van der Waals surface area contributed by atoms with E-state index in [1.807, 2.05) is 0 Å². The van der Waals surface area contributed by atoms with Crippen molar-refractivity contribution in [3.05, 3.63) is 29.8 Å². The van der Waals surface area contributed by atoms with Crippen LogP contribution in [0.3, 0.4) is 0 Å². The lowest BCUT2D eigenvalue weighted by Gasteiger charge is -2.17. The minimum atomic E-state index is -0.892. The van der Waals surface area contributed by atoms with Gasteiger partial charge in [-0.2, -0.15) is 0 Å². The molecular weight excluding hydrogens is 236 g/mol. The predicted octanol–water partition coefficient (Wildman–Crippen LogP) is 1.60. The fourth-order valence-corrected chi connectivity index (χ4v) is 1.23. The second-order valence-electron chi connectivity index (χ2n) is 4.44. The van der Waals surface area contributed by atoms with Gasteiger partial charge in [0.15, 0.2) is 6.79 Å². The Kier molecular flexibility index (Phi) is 5.12. The van der Waals surface area contributed by atoms with Crippen LogP contribution in [0.25, 0.3) is 0 Å². The Hall–Kier alpha value is -1.59. The number of esters is 1. The maximum Gasteiger partial charge on any atom is 0.337 e. The van der Waals surface area contributed by atoms with Crippen molar-refractivity contribution in [1.29, 1.82) is 0 Å². The molecular formula is C13H18O5. The molecule has 5 nitrogen and oxygen atoms in total. The summed E-state index contributed by atoms with van der Waals surface area (Å²) in [7, 11) is 1.32. The average molecular weight is 254 g/mol. The monoisotopic (exact) mass is 254 g/mol. The SMILES string of the molecule is COC(=O)c1cccc(OCOCC(C)(C)O)c1. The number of benzene rings is 1. The van der Waals surface area contributed by atoms with Gasteiger partial charge >= 0.3 is 5.97 Å². The number of hydrogen-bond acceptors (Lipinski definition) is 5. The molecule has 0 saturated heterocycles. The van der Waals surface area contributed by atoms with Crippen molar-refractivity contribution in [2.75, 3.05) is 20.5 Å². The van der Waals surface area contributed by atoms with Crippen molar-refractivity contribution in [3.8, 4) is 5.75 Å². The Morgan fingerprint density at radius 3 is 2.72 bits per heavy atom. The van der Waals surface area contributed by atoms with Crippen molar-refractivity contribution in [3.63, 3.8) is 0 Å². The van der Waals surface area contributed by atoms with Gasteiger partial charge in [0.05, 0.1) is 24.9 Å². The molecule has 0 aromatic heterocycles. The molecule has 1 rings (SSSR count). The summed E-state index contributed by atoms with van der Waals surface area (Å²) < 4.78 is 15.0. The van der Waals surface area contributed by atoms with Crippen molar-refractivity contribution in [2.24, 2.45) is 0 Å². The summed E-state index contributed by atoms with van der Waals surface area (Å²) in [5.41, 5.74) is -0.477. The highest BCUT2D eigenvalue weighted by Crippen LogP contribution is 2.14. The van der Waals surface area contributed by atoms with Crippen molar-refractivity contribution < 1.29 is 24.1 Å². The van der Waals surface area contributed by atoms with Crippen LogP contribution in [0.4, 0.5) is 0 Å². The number of carbonyl (C=O) groups is 1. The van der Waals surface area contributed by atoms with Crippen LogP contribution in [-0.2, 0) is 9.47 Å². The molecule has 1 aromatic rings. The molecule has 0 unspecified atom stereocenters. The van der Waals surface area contributed by atoms with Gasteiger partial charge in [-0.3, -0.25) is 0 Å². The molecule has 0 heterocycles. The van der Waals surface area contributed by atoms with Gasteiger partial charge in [-0.05, 0) is 32.0 Å². The summed E-state index contributed by atoms with van der Waals surface area (Å²) in [5, 5.41) is 9.42. The summed E-state index contributed by atoms with van der Waals surface area (Å²) >= 11 is 0. The summed E-state index contributed by atoms with van der Waals surface area (Å²) in [6, 6.07) is 6.60. The van der Waals surface area contributed by atoms with Gasteiger partial charge in [0.2, 0.25) is 0 Å². The fraction of sp³-hybridized carbons (Fsp3) is 0.462. The van der Waals surface area contributed by atoms with Crippen LogP contribution >= 0.6 is 0 Å². The number of aliphatic hydroxyl groups is 1. The van der Waals surface area contributed by atoms with E-state index in [-0.39, 0.29) is 13.4 Å². The van der Waals surface area contributed by atoms with E-state index >= 15 is 0 Å². The highest BCUT2D eigenvalue weighted by Gasteiger charge is 2.12. The van der Waals surface area contributed by atoms with E-state index in [9.17, 15) is 9.90 Å². The Balaban J connectivity index is 2.45. The number of rotatable bonds is 6. The first-order chi connectivity index (χ1) is 8.42. The minimum Gasteiger partial charge on any atom is -0.468 e. The molecule has 0 bridgehead atoms. The van der Waals surface area contributed by atoms with Crippen molar-refractivity contribution in [1.82, 2.24) is 0 Å². The van der Waals surface area contributed by atoms with Crippen LogP contribution in [0.15, 0.2) is 24.3 Å². The van der Waals surface area contributed by atoms with Crippen LogP contribution in [0.1, 0.15) is 24.2 Å². The molecule has 0 radical (unpaired) electrons. The fourth-order valence-electron chi connectivity index (χ4n) is 1.23. The van der Waals surface area contributed by atoms with Gasteiger partial charge < -0.3 is 19.3 Å². The molecule has 18 heavy (non-hydrogen) atoms. The standard InChI is InChI=1S/C13H18O5/c1-13(2,15)8-17-9-18-11-6-4-5-10(7-11)12(14)16-3/h4-7,15H,8-9H2,1-3H3. The zero-order valence-corrected chi connectivity index (χ0v) is 10.8. The van der Waals surface area contributed by atoms with E-state index in [2.05, 4.69) is 4.74 Å². The molecule has 1 aromatic carbocycles. The predicted molar refractivity (Wildman–Crippen MR) is 65.5 cm³/mol. The van der Waals surface area contributed by atoms with E-state index < -0.39 is 11.6 Å². The molecule has 0 aliphatic heterocycles. The lowest BCUT2D eigenvalue weighted by molar-refractivity contribution is -0.0648. The Labute approximate surface area is 106 Å². The van der Waals surface area contributed by atoms with Crippen molar-refractivity contribution in [2.45, 2.75) is 19.4 Å². The van der Waals surface area contributed by atoms with E-state index in [1.54, 1.807) is 38.1 Å². The van der Waals surface area contributed by atoms with Crippen LogP contribution in [0.5, 0.6) is 5.75 Å². The molecule has 0 aliphatic carbocycles. The van der Waals surface area contributed by atoms with E-state index in [0.717, 1.165) is 0 Å². The lowest BCUT2D eigenvalue weighted by Crippen LogP contribution is -2.27. The number of hydrogen-bond donors (Lipinski definition) is 1. The molecule has 0 fully saturated rings. The zero-order chi connectivity index (χ0) is 13.6. The summed E-state index contributed by atoms with van der Waals surface area (Å²) in [5.74, 6) is 0.0894. The second-order valence-corrected chi connectivity index (χ2v) is 4.44. The summed E-state index contributed by atoms with van der Waals surface area (Å²) in [6.45, 7) is 3.47. The molecule has 0 saturated carbocycles. The molecule has 5 heteroatoms. The highest BCUT2D eigenvalue weighted by molar-refractivity contribution is 5.89. The average Bonchev–Trinajstić information content (AvgIpc) is 2.33.